The van der Waals surface area contributed by atoms with Crippen LogP contribution in [-0.2, 0) is 16.6 Å². The summed E-state index contributed by atoms with van der Waals surface area (Å²) in [6, 6.07) is 6.26. The van der Waals surface area contributed by atoms with E-state index in [1.807, 2.05) is 4.90 Å². The maximum Gasteiger partial charge on any atom is 0.250 e. The Hall–Kier alpha value is -3.81. The van der Waals surface area contributed by atoms with Gasteiger partial charge in [0.25, 0.3) is 0 Å². The molecule has 0 bridgehead atoms. The van der Waals surface area contributed by atoms with E-state index in [0.29, 0.717) is 53.2 Å². The first-order valence-corrected chi connectivity index (χ1v) is 9.76. The zero-order valence-corrected chi connectivity index (χ0v) is 16.9. The van der Waals surface area contributed by atoms with Gasteiger partial charge in [0.1, 0.15) is 12.1 Å². The zero-order valence-electron chi connectivity index (χ0n) is 20.9. The summed E-state index contributed by atoms with van der Waals surface area (Å²) in [7, 11) is 0. The minimum absolute atomic E-state index is 0.188. The summed E-state index contributed by atoms with van der Waals surface area (Å²) in [5.41, 5.74) is 0.819. The summed E-state index contributed by atoms with van der Waals surface area (Å²) < 4.78 is 31.3. The summed E-state index contributed by atoms with van der Waals surface area (Å²) in [5, 5.41) is 0.722. The smallest absolute Gasteiger partial charge is 0.250 e. The number of anilines is 1. The minimum Gasteiger partial charge on any atom is -0.352 e. The van der Waals surface area contributed by atoms with Gasteiger partial charge in [-0.2, -0.15) is 0 Å². The third-order valence-corrected chi connectivity index (χ3v) is 5.14. The molecule has 1 fully saturated rings. The van der Waals surface area contributed by atoms with Crippen LogP contribution in [-0.4, -0.2) is 57.3 Å². The van der Waals surface area contributed by atoms with E-state index >= 15 is 0 Å². The van der Waals surface area contributed by atoms with E-state index in [9.17, 15) is 14.4 Å². The van der Waals surface area contributed by atoms with Crippen molar-refractivity contribution < 1.29 is 15.1 Å². The van der Waals surface area contributed by atoms with Crippen LogP contribution < -0.4 is 10.5 Å². The van der Waals surface area contributed by atoms with Crippen molar-refractivity contribution >= 4 is 28.4 Å². The topological polar surface area (TPSA) is 88.4 Å². The van der Waals surface area contributed by atoms with Crippen LogP contribution in [0, 0.1) is 0 Å². The van der Waals surface area contributed by atoms with Crippen molar-refractivity contribution in [2.24, 2.45) is 6.98 Å². The summed E-state index contributed by atoms with van der Waals surface area (Å²) in [6.45, 7) is 0.646. The van der Waals surface area contributed by atoms with Crippen molar-refractivity contribution in [3.63, 3.8) is 0 Å². The van der Waals surface area contributed by atoms with E-state index in [1.165, 1.54) is 37.7 Å². The van der Waals surface area contributed by atoms with E-state index < -0.39 is 18.6 Å². The van der Waals surface area contributed by atoms with Gasteiger partial charge in [0.2, 0.25) is 11.5 Å². The number of piperazine rings is 1. The second-order valence-electron chi connectivity index (χ2n) is 7.23. The number of carbonyl (C=O) groups excluding carboxylic acids is 2. The minimum atomic E-state index is -2.70. The Bertz CT molecular complexity index is 1390. The molecule has 1 saturated heterocycles. The molecule has 8 heteroatoms. The van der Waals surface area contributed by atoms with Crippen LogP contribution in [0.15, 0.2) is 59.8 Å². The van der Waals surface area contributed by atoms with Gasteiger partial charge in [0.05, 0.1) is 6.89 Å². The predicted molar refractivity (Wildman–Crippen MR) is 119 cm³/mol. The number of ketones is 1. The zero-order chi connectivity index (χ0) is 25.3. The molecule has 0 unspecified atom stereocenters. The molecule has 31 heavy (non-hydrogen) atoms. The lowest BCUT2D eigenvalue weighted by Crippen LogP contribution is -2.48. The van der Waals surface area contributed by atoms with Gasteiger partial charge < -0.3 is 14.4 Å². The van der Waals surface area contributed by atoms with Crippen LogP contribution in [0.4, 0.5) is 5.82 Å². The SMILES string of the molecule is [2H]c1cc(-c2ccc3ncnc(N4CCN(C(=O)C=CC(C)=O)CC4)c3c2)cn(C([2H])([2H])[2H])c1=O. The molecule has 0 radical (unpaired) electrons. The molecule has 0 aliphatic carbocycles. The third kappa shape index (κ3) is 4.37. The highest BCUT2D eigenvalue weighted by Crippen LogP contribution is 2.29. The molecule has 0 atom stereocenters. The molecule has 0 N–H and O–H groups in total. The molecule has 0 saturated carbocycles. The first-order valence-electron chi connectivity index (χ1n) is 11.8. The van der Waals surface area contributed by atoms with Gasteiger partial charge >= 0.3 is 0 Å². The molecule has 1 aliphatic heterocycles. The summed E-state index contributed by atoms with van der Waals surface area (Å²) in [4.78, 5) is 48.0. The molecule has 3 heterocycles. The van der Waals surface area contributed by atoms with E-state index in [2.05, 4.69) is 9.97 Å². The summed E-state index contributed by atoms with van der Waals surface area (Å²) in [6.07, 6.45) is 5.23. The van der Waals surface area contributed by atoms with Crippen molar-refractivity contribution in [3.05, 3.63) is 65.3 Å². The normalized spacial score (nSPS) is 16.7. The van der Waals surface area contributed by atoms with Crippen LogP contribution in [0.25, 0.3) is 22.0 Å². The monoisotopic (exact) mass is 421 g/mol. The van der Waals surface area contributed by atoms with Gasteiger partial charge in [-0.15, -0.1) is 0 Å². The number of hydrogen-bond donors (Lipinski definition) is 0. The highest BCUT2D eigenvalue weighted by molar-refractivity contribution is 5.97. The number of rotatable bonds is 4. The number of aromatic nitrogens is 3. The van der Waals surface area contributed by atoms with Crippen LogP contribution in [0.3, 0.4) is 0 Å². The van der Waals surface area contributed by atoms with Gasteiger partial charge in [-0.1, -0.05) is 6.07 Å². The lowest BCUT2D eigenvalue weighted by atomic mass is 10.0. The van der Waals surface area contributed by atoms with Crippen molar-refractivity contribution in [2.75, 3.05) is 31.1 Å². The molecule has 4 rings (SSSR count). The van der Waals surface area contributed by atoms with Gasteiger partial charge in [0.15, 0.2) is 5.78 Å². The standard InChI is InChI=1S/C23H23N5O3/c1-16(29)3-7-22(31)27-9-11-28(12-10-27)23-19-13-17(4-6-20(19)24-15-25-23)18-5-8-21(30)26(2)14-18/h3-8,13-15H,9-12H2,1-2H3/i2D3,8D. The quantitative estimate of drug-likeness (QED) is 0.597. The first-order chi connectivity index (χ1) is 16.5. The second-order valence-corrected chi connectivity index (χ2v) is 7.23. The van der Waals surface area contributed by atoms with Crippen LogP contribution in [0.5, 0.6) is 0 Å². The van der Waals surface area contributed by atoms with Crippen LogP contribution in [0.1, 0.15) is 12.4 Å². The number of nitrogens with zero attached hydrogens (tertiary/aromatic N) is 5. The van der Waals surface area contributed by atoms with Gasteiger partial charge in [0, 0.05) is 61.0 Å². The molecule has 3 aromatic rings. The number of pyridine rings is 1. The third-order valence-electron chi connectivity index (χ3n) is 5.14. The molecule has 1 aromatic carbocycles. The van der Waals surface area contributed by atoms with Crippen molar-refractivity contribution in [3.8, 4) is 11.1 Å². The molecule has 0 spiro atoms. The molecule has 1 aliphatic rings. The number of hydrogen-bond acceptors (Lipinski definition) is 6. The fourth-order valence-corrected chi connectivity index (χ4v) is 3.51. The Morgan fingerprint density at radius 1 is 1.10 bits per heavy atom. The Labute approximate surface area is 185 Å². The number of aryl methyl sites for hydroxylation is 1. The number of carbonyl (C=O) groups is 2. The Balaban J connectivity index is 1.66. The molecule has 158 valence electrons. The van der Waals surface area contributed by atoms with Crippen molar-refractivity contribution in [1.82, 2.24) is 19.4 Å². The molecular weight excluding hydrogens is 394 g/mol. The first kappa shape index (κ1) is 16.0. The second kappa shape index (κ2) is 8.51. The number of fused-ring (bicyclic) bond motifs is 1. The number of allylic oxidation sites excluding steroid dienone is 1. The van der Waals surface area contributed by atoms with E-state index in [-0.39, 0.29) is 11.7 Å². The Morgan fingerprint density at radius 2 is 1.90 bits per heavy atom. The maximum absolute atomic E-state index is 12.3. The number of amides is 1. The average molecular weight is 421 g/mol. The van der Waals surface area contributed by atoms with E-state index in [1.54, 1.807) is 23.1 Å². The predicted octanol–water partition coefficient (Wildman–Crippen LogP) is 1.79. The highest BCUT2D eigenvalue weighted by Gasteiger charge is 2.22. The maximum atomic E-state index is 12.3. The van der Waals surface area contributed by atoms with Gasteiger partial charge in [-0.25, -0.2) is 9.97 Å². The fraction of sp³-hybridized carbons (Fsp3) is 0.261. The van der Waals surface area contributed by atoms with E-state index in [0.717, 1.165) is 5.39 Å². The molecular formula is C23H23N5O3. The van der Waals surface area contributed by atoms with Gasteiger partial charge in [-0.05, 0) is 42.3 Å². The Morgan fingerprint density at radius 3 is 2.65 bits per heavy atom. The van der Waals surface area contributed by atoms with Crippen molar-refractivity contribution in [2.45, 2.75) is 6.92 Å². The number of benzene rings is 1. The largest absolute Gasteiger partial charge is 0.352 e. The lowest BCUT2D eigenvalue weighted by molar-refractivity contribution is -0.126. The average Bonchev–Trinajstić information content (AvgIpc) is 2.82. The molecule has 1 amide bonds. The highest BCUT2D eigenvalue weighted by atomic mass is 16.2. The van der Waals surface area contributed by atoms with Crippen molar-refractivity contribution in [1.29, 1.82) is 0 Å². The molecule has 8 nitrogen and oxygen atoms in total. The lowest BCUT2D eigenvalue weighted by Gasteiger charge is -2.35. The fourth-order valence-electron chi connectivity index (χ4n) is 3.51. The Kier molecular flexibility index (Phi) is 4.38. The van der Waals surface area contributed by atoms with Crippen LogP contribution in [0.2, 0.25) is 0 Å². The van der Waals surface area contributed by atoms with Gasteiger partial charge in [-0.3, -0.25) is 14.4 Å². The van der Waals surface area contributed by atoms with E-state index in [4.69, 9.17) is 5.48 Å². The summed E-state index contributed by atoms with van der Waals surface area (Å²) in [5.74, 6) is 0.260. The summed E-state index contributed by atoms with van der Waals surface area (Å²) >= 11 is 0. The molecule has 2 aromatic heterocycles. The van der Waals surface area contributed by atoms with Crippen LogP contribution >= 0.6 is 0 Å².